The number of hydrogen-bond donors (Lipinski definition) is 0. The normalized spacial score (nSPS) is 15.3. The SMILES string of the molecule is CCC[C@@H](C[C@H](CC#CC(=O)OC)O[Si](C)(C)C(C)(C)C)O[Si](C)(C)C(C)(C)C. The molecular weight excluding hydrogens is 396 g/mol. The molecule has 0 saturated heterocycles. The predicted molar refractivity (Wildman–Crippen MR) is 128 cm³/mol. The van der Waals surface area contributed by atoms with E-state index in [0.717, 1.165) is 19.3 Å². The van der Waals surface area contributed by atoms with Crippen molar-refractivity contribution in [3.63, 3.8) is 0 Å². The Bertz CT molecular complexity index is 574. The Morgan fingerprint density at radius 1 is 0.897 bits per heavy atom. The largest absolute Gasteiger partial charge is 0.459 e. The summed E-state index contributed by atoms with van der Waals surface area (Å²) in [6.45, 7) is 24.9. The molecule has 0 bridgehead atoms. The van der Waals surface area contributed by atoms with Gasteiger partial charge in [-0.05, 0) is 49.1 Å². The molecule has 0 N–H and O–H groups in total. The summed E-state index contributed by atoms with van der Waals surface area (Å²) in [4.78, 5) is 11.4. The van der Waals surface area contributed by atoms with Crippen LogP contribution in [0.15, 0.2) is 0 Å². The molecular formula is C23H46O4Si2. The van der Waals surface area contributed by atoms with Crippen molar-refractivity contribution in [3.8, 4) is 11.8 Å². The van der Waals surface area contributed by atoms with Crippen LogP contribution >= 0.6 is 0 Å². The maximum absolute atomic E-state index is 11.4. The Kier molecular flexibility index (Phi) is 10.9. The minimum Gasteiger partial charge on any atom is -0.459 e. The van der Waals surface area contributed by atoms with Crippen LogP contribution in [0.1, 0.15) is 74.1 Å². The van der Waals surface area contributed by atoms with Gasteiger partial charge >= 0.3 is 5.97 Å². The van der Waals surface area contributed by atoms with Crippen LogP contribution in [0.5, 0.6) is 0 Å². The summed E-state index contributed by atoms with van der Waals surface area (Å²) in [5.74, 6) is 5.04. The lowest BCUT2D eigenvalue weighted by Crippen LogP contribution is -2.47. The summed E-state index contributed by atoms with van der Waals surface area (Å²) in [5.41, 5.74) is 0. The van der Waals surface area contributed by atoms with Crippen molar-refractivity contribution in [1.29, 1.82) is 0 Å². The highest BCUT2D eigenvalue weighted by Gasteiger charge is 2.41. The second kappa shape index (κ2) is 11.1. The molecule has 0 aromatic carbocycles. The summed E-state index contributed by atoms with van der Waals surface area (Å²) in [6.07, 6.45) is 3.50. The molecule has 2 atom stereocenters. The van der Waals surface area contributed by atoms with Crippen molar-refractivity contribution < 1.29 is 18.4 Å². The molecule has 0 aliphatic rings. The van der Waals surface area contributed by atoms with Gasteiger partial charge in [-0.1, -0.05) is 60.8 Å². The van der Waals surface area contributed by atoms with Gasteiger partial charge in [-0.3, -0.25) is 0 Å². The molecule has 170 valence electrons. The number of ether oxygens (including phenoxy) is 1. The Morgan fingerprint density at radius 2 is 1.34 bits per heavy atom. The van der Waals surface area contributed by atoms with Gasteiger partial charge in [-0.15, -0.1) is 0 Å². The maximum Gasteiger partial charge on any atom is 0.384 e. The first-order chi connectivity index (χ1) is 13.0. The van der Waals surface area contributed by atoms with E-state index in [2.05, 4.69) is 91.2 Å². The molecule has 4 nitrogen and oxygen atoms in total. The molecule has 0 rings (SSSR count). The Balaban J connectivity index is 5.59. The van der Waals surface area contributed by atoms with Gasteiger partial charge in [0, 0.05) is 18.4 Å². The molecule has 0 saturated carbocycles. The van der Waals surface area contributed by atoms with E-state index in [1.165, 1.54) is 7.11 Å². The fourth-order valence-electron chi connectivity index (χ4n) is 2.49. The number of carbonyl (C=O) groups excluding carboxylic acids is 1. The molecule has 0 spiro atoms. The molecule has 6 heteroatoms. The van der Waals surface area contributed by atoms with Crippen molar-refractivity contribution in [2.45, 2.75) is 123 Å². The molecule has 29 heavy (non-hydrogen) atoms. The van der Waals surface area contributed by atoms with Crippen molar-refractivity contribution in [3.05, 3.63) is 0 Å². The second-order valence-corrected chi connectivity index (χ2v) is 20.5. The minimum absolute atomic E-state index is 0.0469. The van der Waals surface area contributed by atoms with Gasteiger partial charge in [0.05, 0.1) is 13.2 Å². The third-order valence-corrected chi connectivity index (χ3v) is 15.4. The van der Waals surface area contributed by atoms with E-state index < -0.39 is 22.6 Å². The highest BCUT2D eigenvalue weighted by molar-refractivity contribution is 6.74. The Labute approximate surface area is 182 Å². The lowest BCUT2D eigenvalue weighted by Gasteiger charge is -2.42. The maximum atomic E-state index is 11.4. The molecule has 0 aromatic rings. The van der Waals surface area contributed by atoms with Crippen LogP contribution in [0.3, 0.4) is 0 Å². The highest BCUT2D eigenvalue weighted by Crippen LogP contribution is 2.40. The predicted octanol–water partition coefficient (Wildman–Crippen LogP) is 6.52. The number of carbonyl (C=O) groups is 1. The van der Waals surface area contributed by atoms with Crippen LogP contribution in [-0.4, -0.2) is 41.9 Å². The summed E-state index contributed by atoms with van der Waals surface area (Å²) in [6, 6.07) is 0. The third-order valence-electron chi connectivity index (χ3n) is 6.38. The van der Waals surface area contributed by atoms with E-state index in [9.17, 15) is 4.79 Å². The zero-order valence-electron chi connectivity index (χ0n) is 21.1. The topological polar surface area (TPSA) is 44.8 Å². The van der Waals surface area contributed by atoms with Crippen LogP contribution in [0.4, 0.5) is 0 Å². The van der Waals surface area contributed by atoms with Crippen LogP contribution in [0.25, 0.3) is 0 Å². The fourth-order valence-corrected chi connectivity index (χ4v) is 5.26. The van der Waals surface area contributed by atoms with Crippen LogP contribution in [0.2, 0.25) is 36.3 Å². The Morgan fingerprint density at radius 3 is 1.72 bits per heavy atom. The average molecular weight is 443 g/mol. The van der Waals surface area contributed by atoms with E-state index >= 15 is 0 Å². The lowest BCUT2D eigenvalue weighted by molar-refractivity contribution is -0.133. The average Bonchev–Trinajstić information content (AvgIpc) is 2.51. The molecule has 0 amide bonds. The van der Waals surface area contributed by atoms with Gasteiger partial charge < -0.3 is 13.6 Å². The molecule has 0 radical (unpaired) electrons. The van der Waals surface area contributed by atoms with Crippen LogP contribution < -0.4 is 0 Å². The van der Waals surface area contributed by atoms with Crippen molar-refractivity contribution in [2.24, 2.45) is 0 Å². The fraction of sp³-hybridized carbons (Fsp3) is 0.870. The third kappa shape index (κ3) is 9.82. The zero-order chi connectivity index (χ0) is 23.1. The first-order valence-corrected chi connectivity index (χ1v) is 16.7. The Hall–Kier alpha value is -0.616. The van der Waals surface area contributed by atoms with Gasteiger partial charge in [0.2, 0.25) is 0 Å². The summed E-state index contributed by atoms with van der Waals surface area (Å²) >= 11 is 0. The van der Waals surface area contributed by atoms with Crippen LogP contribution in [-0.2, 0) is 18.4 Å². The number of rotatable bonds is 9. The van der Waals surface area contributed by atoms with Gasteiger partial charge in [-0.25, -0.2) is 4.79 Å². The molecule has 0 aliphatic carbocycles. The first-order valence-electron chi connectivity index (χ1n) is 10.9. The second-order valence-electron chi connectivity index (χ2n) is 11.0. The van der Waals surface area contributed by atoms with Crippen LogP contribution in [0, 0.1) is 11.8 Å². The van der Waals surface area contributed by atoms with Crippen molar-refractivity contribution >= 4 is 22.6 Å². The van der Waals surface area contributed by atoms with E-state index in [0.29, 0.717) is 6.42 Å². The molecule has 0 unspecified atom stereocenters. The standard InChI is InChI=1S/C23H46O4Si2/c1-13-15-19(26-28(9,10)22(2,3)4)18-20(16-14-17-21(24)25-8)27-29(11,12)23(5,6)7/h19-20H,13,15-16,18H2,1-12H3/t19-,20-/m0/s1. The lowest BCUT2D eigenvalue weighted by atomic mass is 10.1. The molecule has 0 aromatic heterocycles. The molecule has 0 fully saturated rings. The van der Waals surface area contributed by atoms with Gasteiger partial charge in [0.25, 0.3) is 0 Å². The zero-order valence-corrected chi connectivity index (χ0v) is 23.1. The summed E-state index contributed by atoms with van der Waals surface area (Å²) < 4.78 is 18.1. The van der Waals surface area contributed by atoms with E-state index in [1.807, 2.05) is 0 Å². The van der Waals surface area contributed by atoms with E-state index in [4.69, 9.17) is 8.85 Å². The minimum atomic E-state index is -1.97. The molecule has 0 heterocycles. The smallest absolute Gasteiger partial charge is 0.384 e. The highest BCUT2D eigenvalue weighted by atomic mass is 28.4. The van der Waals surface area contributed by atoms with Gasteiger partial charge in [0.1, 0.15) is 0 Å². The quantitative estimate of drug-likeness (QED) is 0.176. The summed E-state index contributed by atoms with van der Waals surface area (Å²) in [7, 11) is -2.49. The van der Waals surface area contributed by atoms with Crippen molar-refractivity contribution in [1.82, 2.24) is 0 Å². The van der Waals surface area contributed by atoms with Gasteiger partial charge in [0.15, 0.2) is 16.6 Å². The van der Waals surface area contributed by atoms with Gasteiger partial charge in [-0.2, -0.15) is 0 Å². The van der Waals surface area contributed by atoms with E-state index in [1.54, 1.807) is 0 Å². The number of hydrogen-bond acceptors (Lipinski definition) is 4. The monoisotopic (exact) mass is 442 g/mol. The summed E-state index contributed by atoms with van der Waals surface area (Å²) in [5, 5.41) is 0.279. The number of esters is 1. The van der Waals surface area contributed by atoms with E-state index in [-0.39, 0.29) is 22.3 Å². The number of methoxy groups -OCH3 is 1. The first kappa shape index (κ1) is 28.4. The molecule has 0 aliphatic heterocycles. The van der Waals surface area contributed by atoms with Crippen molar-refractivity contribution in [2.75, 3.05) is 7.11 Å².